The molecule has 2 nitrogen and oxygen atoms in total. The zero-order valence-electron chi connectivity index (χ0n) is 11.8. The van der Waals surface area contributed by atoms with Crippen molar-refractivity contribution in [2.75, 3.05) is 0 Å². The Labute approximate surface area is 121 Å². The van der Waals surface area contributed by atoms with Gasteiger partial charge in [0.1, 0.15) is 0 Å². The van der Waals surface area contributed by atoms with E-state index in [9.17, 15) is 5.11 Å². The van der Waals surface area contributed by atoms with Crippen molar-refractivity contribution in [3.05, 3.63) is 71.8 Å². The lowest BCUT2D eigenvalue weighted by molar-refractivity contribution is 0.143. The Morgan fingerprint density at radius 3 is 2.15 bits per heavy atom. The molecule has 0 saturated carbocycles. The van der Waals surface area contributed by atoms with E-state index >= 15 is 0 Å². The molecule has 0 spiro atoms. The molecule has 0 aromatic heterocycles. The maximum atomic E-state index is 10.1. The van der Waals surface area contributed by atoms with E-state index in [1.54, 1.807) is 0 Å². The summed E-state index contributed by atoms with van der Waals surface area (Å²) in [7, 11) is 0. The van der Waals surface area contributed by atoms with Crippen LogP contribution >= 0.6 is 0 Å². The molecule has 2 aromatic rings. The molecule has 0 amide bonds. The highest BCUT2D eigenvalue weighted by atomic mass is 16.3. The summed E-state index contributed by atoms with van der Waals surface area (Å²) in [4.78, 5) is 0. The number of benzene rings is 2. The first-order valence-corrected chi connectivity index (χ1v) is 7.28. The zero-order chi connectivity index (χ0) is 14.2. The number of nitrogens with two attached hydrogens (primary N) is 1. The fourth-order valence-electron chi connectivity index (χ4n) is 2.43. The van der Waals surface area contributed by atoms with E-state index in [0.717, 1.165) is 24.8 Å². The van der Waals surface area contributed by atoms with E-state index in [2.05, 4.69) is 24.3 Å². The van der Waals surface area contributed by atoms with E-state index in [-0.39, 0.29) is 12.1 Å². The number of rotatable bonds is 7. The molecular weight excluding hydrogens is 246 g/mol. The molecule has 0 fully saturated rings. The molecule has 0 radical (unpaired) electrons. The zero-order valence-corrected chi connectivity index (χ0v) is 11.8. The predicted octanol–water partition coefficient (Wildman–Crippen LogP) is 3.46. The second-order valence-electron chi connectivity index (χ2n) is 5.28. The fraction of sp³-hybridized carbons (Fsp3) is 0.333. The molecule has 0 aliphatic rings. The van der Waals surface area contributed by atoms with Crippen LogP contribution in [0, 0.1) is 0 Å². The van der Waals surface area contributed by atoms with Gasteiger partial charge in [-0.3, -0.25) is 0 Å². The van der Waals surface area contributed by atoms with Crippen LogP contribution in [0.5, 0.6) is 0 Å². The summed E-state index contributed by atoms with van der Waals surface area (Å²) < 4.78 is 0. The van der Waals surface area contributed by atoms with Gasteiger partial charge in [-0.1, -0.05) is 60.7 Å². The summed E-state index contributed by atoms with van der Waals surface area (Å²) in [5.74, 6) is 0. The quantitative estimate of drug-likeness (QED) is 0.808. The summed E-state index contributed by atoms with van der Waals surface area (Å²) in [5, 5.41) is 10.1. The Morgan fingerprint density at radius 1 is 0.900 bits per heavy atom. The second-order valence-corrected chi connectivity index (χ2v) is 5.28. The highest BCUT2D eigenvalue weighted by molar-refractivity contribution is 5.18. The van der Waals surface area contributed by atoms with Crippen molar-refractivity contribution in [3.63, 3.8) is 0 Å². The van der Waals surface area contributed by atoms with E-state index in [1.165, 1.54) is 5.56 Å². The first-order chi connectivity index (χ1) is 9.75. The minimum absolute atomic E-state index is 0.0806. The molecule has 2 aromatic carbocycles. The summed E-state index contributed by atoms with van der Waals surface area (Å²) in [6.45, 7) is 0. The highest BCUT2D eigenvalue weighted by Crippen LogP contribution is 2.18. The van der Waals surface area contributed by atoms with Crippen LogP contribution < -0.4 is 5.73 Å². The maximum absolute atomic E-state index is 10.1. The lowest BCUT2D eigenvalue weighted by Gasteiger charge is -2.16. The number of hydrogen-bond donors (Lipinski definition) is 2. The smallest absolute Gasteiger partial charge is 0.0558 e. The van der Waals surface area contributed by atoms with Crippen molar-refractivity contribution in [3.8, 4) is 0 Å². The molecule has 106 valence electrons. The number of hydrogen-bond acceptors (Lipinski definition) is 2. The molecule has 2 atom stereocenters. The third kappa shape index (κ3) is 4.80. The van der Waals surface area contributed by atoms with Gasteiger partial charge in [-0.15, -0.1) is 0 Å². The molecular formula is C18H23NO. The van der Waals surface area contributed by atoms with Crippen molar-refractivity contribution in [1.82, 2.24) is 0 Å². The van der Waals surface area contributed by atoms with Gasteiger partial charge in [-0.25, -0.2) is 0 Å². The summed E-state index contributed by atoms with van der Waals surface area (Å²) in [6, 6.07) is 20.3. The predicted molar refractivity (Wildman–Crippen MR) is 83.4 cm³/mol. The topological polar surface area (TPSA) is 46.2 Å². The van der Waals surface area contributed by atoms with Crippen LogP contribution in [-0.4, -0.2) is 11.2 Å². The summed E-state index contributed by atoms with van der Waals surface area (Å²) in [5.41, 5.74) is 8.54. The largest absolute Gasteiger partial charge is 0.393 e. The fourth-order valence-corrected chi connectivity index (χ4v) is 2.43. The maximum Gasteiger partial charge on any atom is 0.0558 e. The van der Waals surface area contributed by atoms with Crippen LogP contribution in [0.3, 0.4) is 0 Å². The van der Waals surface area contributed by atoms with Gasteiger partial charge in [0.2, 0.25) is 0 Å². The molecule has 0 heterocycles. The molecule has 0 aliphatic carbocycles. The molecule has 0 bridgehead atoms. The molecule has 20 heavy (non-hydrogen) atoms. The minimum atomic E-state index is -0.325. The number of aliphatic hydroxyl groups excluding tert-OH is 1. The second kappa shape index (κ2) is 7.83. The monoisotopic (exact) mass is 269 g/mol. The van der Waals surface area contributed by atoms with Gasteiger partial charge in [0.25, 0.3) is 0 Å². The van der Waals surface area contributed by atoms with Crippen LogP contribution in [0.1, 0.15) is 36.4 Å². The van der Waals surface area contributed by atoms with Gasteiger partial charge in [-0.2, -0.15) is 0 Å². The molecule has 3 N–H and O–H groups in total. The van der Waals surface area contributed by atoms with Gasteiger partial charge in [0.05, 0.1) is 6.10 Å². The van der Waals surface area contributed by atoms with Crippen LogP contribution in [0.4, 0.5) is 0 Å². The SMILES string of the molecule is NC(CC(O)CCCc1ccccc1)c1ccccc1. The third-order valence-corrected chi connectivity index (χ3v) is 3.60. The molecule has 2 rings (SSSR count). The first kappa shape index (κ1) is 14.8. The average Bonchev–Trinajstić information content (AvgIpc) is 2.49. The summed E-state index contributed by atoms with van der Waals surface area (Å²) >= 11 is 0. The third-order valence-electron chi connectivity index (χ3n) is 3.60. The molecule has 2 unspecified atom stereocenters. The van der Waals surface area contributed by atoms with Gasteiger partial charge >= 0.3 is 0 Å². The van der Waals surface area contributed by atoms with Crippen LogP contribution in [0.25, 0.3) is 0 Å². The van der Waals surface area contributed by atoms with E-state index < -0.39 is 0 Å². The normalized spacial score (nSPS) is 13.9. The standard InChI is InChI=1S/C18H23NO/c19-18(16-11-5-2-6-12-16)14-17(20)13-7-10-15-8-3-1-4-9-15/h1-6,8-9,11-12,17-18,20H,7,10,13-14,19H2. The Bertz CT molecular complexity index is 483. The van der Waals surface area contributed by atoms with Crippen LogP contribution in [-0.2, 0) is 6.42 Å². The van der Waals surface area contributed by atoms with E-state index in [1.807, 2.05) is 36.4 Å². The van der Waals surface area contributed by atoms with Gasteiger partial charge in [0.15, 0.2) is 0 Å². The molecule has 0 aliphatic heterocycles. The van der Waals surface area contributed by atoms with E-state index in [4.69, 9.17) is 5.73 Å². The van der Waals surface area contributed by atoms with Crippen molar-refractivity contribution < 1.29 is 5.11 Å². The van der Waals surface area contributed by atoms with E-state index in [0.29, 0.717) is 6.42 Å². The molecule has 0 saturated heterocycles. The van der Waals surface area contributed by atoms with Crippen LogP contribution in [0.2, 0.25) is 0 Å². The Hall–Kier alpha value is -1.64. The lowest BCUT2D eigenvalue weighted by Crippen LogP contribution is -2.18. The molecule has 2 heteroatoms. The van der Waals surface area contributed by atoms with Crippen molar-refractivity contribution in [2.24, 2.45) is 5.73 Å². The van der Waals surface area contributed by atoms with Crippen molar-refractivity contribution >= 4 is 0 Å². The average molecular weight is 269 g/mol. The Morgan fingerprint density at radius 2 is 1.50 bits per heavy atom. The Balaban J connectivity index is 1.71. The van der Waals surface area contributed by atoms with Crippen molar-refractivity contribution in [2.45, 2.75) is 37.8 Å². The van der Waals surface area contributed by atoms with Gasteiger partial charge < -0.3 is 10.8 Å². The first-order valence-electron chi connectivity index (χ1n) is 7.28. The van der Waals surface area contributed by atoms with Gasteiger partial charge in [-0.05, 0) is 36.8 Å². The van der Waals surface area contributed by atoms with Gasteiger partial charge in [0, 0.05) is 6.04 Å². The number of aryl methyl sites for hydroxylation is 1. The van der Waals surface area contributed by atoms with Crippen LogP contribution in [0.15, 0.2) is 60.7 Å². The lowest BCUT2D eigenvalue weighted by atomic mass is 9.98. The highest BCUT2D eigenvalue weighted by Gasteiger charge is 2.12. The Kier molecular flexibility index (Phi) is 5.78. The number of aliphatic hydroxyl groups is 1. The van der Waals surface area contributed by atoms with Crippen molar-refractivity contribution in [1.29, 1.82) is 0 Å². The summed E-state index contributed by atoms with van der Waals surface area (Å²) in [6.07, 6.45) is 3.10. The minimum Gasteiger partial charge on any atom is -0.393 e.